The number of nitrogens with zero attached hydrogens (tertiary/aromatic N) is 1. The van der Waals surface area contributed by atoms with Gasteiger partial charge < -0.3 is 14.0 Å². The molecule has 2 unspecified atom stereocenters. The first kappa shape index (κ1) is 29.0. The van der Waals surface area contributed by atoms with Gasteiger partial charge in [-0.3, -0.25) is 14.9 Å². The molecule has 0 heterocycles. The average Bonchev–Trinajstić information content (AvgIpc) is 2.73. The molecular weight excluding hydrogens is 530 g/mol. The van der Waals surface area contributed by atoms with Gasteiger partial charge in [-0.15, -0.1) is 0 Å². The molecular formula is C22H24ClF3NO6PS. The quantitative estimate of drug-likeness (QED) is 0.109. The summed E-state index contributed by atoms with van der Waals surface area (Å²) in [5.74, 6) is -0.657. The van der Waals surface area contributed by atoms with Crippen LogP contribution < -0.4 is 10.0 Å². The number of carbonyl (C=O) groups is 1. The number of hydrogen-bond donors (Lipinski definition) is 0. The lowest BCUT2D eigenvalue weighted by atomic mass is 9.97. The number of rotatable bonds is 8. The van der Waals surface area contributed by atoms with E-state index in [4.69, 9.17) is 21.1 Å². The topological polar surface area (TPSA) is 95.7 Å². The summed E-state index contributed by atoms with van der Waals surface area (Å²) in [5, 5.41) is 11.2. The third-order valence-corrected chi connectivity index (χ3v) is 10.8. The van der Waals surface area contributed by atoms with Crippen molar-refractivity contribution in [2.75, 3.05) is 6.16 Å². The van der Waals surface area contributed by atoms with Gasteiger partial charge in [0.15, 0.2) is 11.8 Å². The molecule has 2 rings (SSSR count). The van der Waals surface area contributed by atoms with Crippen molar-refractivity contribution in [2.45, 2.75) is 46.2 Å². The molecule has 7 nitrogen and oxygen atoms in total. The van der Waals surface area contributed by atoms with Crippen LogP contribution in [0.5, 0.6) is 11.5 Å². The summed E-state index contributed by atoms with van der Waals surface area (Å²) >= 11 is 6.74. The summed E-state index contributed by atoms with van der Waals surface area (Å²) in [7, 11) is 0. The maximum absolute atomic E-state index is 13.8. The molecule has 0 radical (unpaired) electrons. The van der Waals surface area contributed by atoms with Crippen LogP contribution in [0.2, 0.25) is 5.02 Å². The monoisotopic (exact) mass is 553 g/mol. The van der Waals surface area contributed by atoms with Gasteiger partial charge in [-0.2, -0.15) is 13.2 Å². The lowest BCUT2D eigenvalue weighted by Crippen LogP contribution is -2.26. The molecule has 0 aliphatic rings. The Morgan fingerprint density at radius 3 is 2.31 bits per heavy atom. The molecule has 0 N–H and O–H groups in total. The molecule has 0 aliphatic carbocycles. The summed E-state index contributed by atoms with van der Waals surface area (Å²) in [6, 6.07) is 6.02. The predicted molar refractivity (Wildman–Crippen MR) is 130 cm³/mol. The fourth-order valence-electron chi connectivity index (χ4n) is 2.77. The molecule has 0 saturated carbocycles. The zero-order valence-electron chi connectivity index (χ0n) is 19.5. The van der Waals surface area contributed by atoms with E-state index in [-0.39, 0.29) is 28.0 Å². The van der Waals surface area contributed by atoms with Crippen LogP contribution in [0, 0.1) is 15.5 Å². The molecule has 0 fully saturated rings. The second kappa shape index (κ2) is 10.8. The third kappa shape index (κ3) is 7.38. The molecule has 0 saturated heterocycles. The van der Waals surface area contributed by atoms with E-state index in [1.807, 2.05) is 0 Å². The molecule has 0 spiro atoms. The number of hydrogen-bond acceptors (Lipinski definition) is 7. The van der Waals surface area contributed by atoms with E-state index >= 15 is 0 Å². The van der Waals surface area contributed by atoms with Crippen molar-refractivity contribution in [3.05, 3.63) is 57.1 Å². The summed E-state index contributed by atoms with van der Waals surface area (Å²) in [6.07, 6.45) is -8.14. The Kier molecular flexibility index (Phi) is 8.95. The van der Waals surface area contributed by atoms with Crippen molar-refractivity contribution in [3.8, 4) is 11.5 Å². The molecule has 0 bridgehead atoms. The average molecular weight is 554 g/mol. The standard InChI is InChI=1S/C22H24ClF3NO6PS/c1-6-34(31,35-13(2)32-20(28)21(3,4)5)19-12-15(8-9-17(19)27(29)30)33-18-10-7-14(11-16(18)23)22(24,25)26/h7-13H,6H2,1-5H3. The number of carbonyl (C=O) groups excluding carboxylic acids is 1. The van der Waals surface area contributed by atoms with Gasteiger partial charge in [0.1, 0.15) is 16.8 Å². The molecule has 2 aromatic rings. The molecule has 13 heteroatoms. The Balaban J connectivity index is 2.43. The van der Waals surface area contributed by atoms with E-state index in [0.29, 0.717) is 6.07 Å². The first-order chi connectivity index (χ1) is 16.0. The van der Waals surface area contributed by atoms with Gasteiger partial charge in [0.05, 0.1) is 20.9 Å². The van der Waals surface area contributed by atoms with E-state index in [0.717, 1.165) is 29.6 Å². The highest BCUT2D eigenvalue weighted by Crippen LogP contribution is 2.61. The van der Waals surface area contributed by atoms with E-state index in [9.17, 15) is 32.6 Å². The van der Waals surface area contributed by atoms with Crippen molar-refractivity contribution < 1.29 is 36.9 Å². The molecule has 2 aromatic carbocycles. The number of nitro benzene ring substituents is 1. The Labute approximate surface area is 209 Å². The van der Waals surface area contributed by atoms with Crippen molar-refractivity contribution in [3.63, 3.8) is 0 Å². The second-order valence-electron chi connectivity index (χ2n) is 8.47. The van der Waals surface area contributed by atoms with Crippen LogP contribution in [0.3, 0.4) is 0 Å². The van der Waals surface area contributed by atoms with Crippen molar-refractivity contribution in [2.24, 2.45) is 5.41 Å². The molecule has 2 atom stereocenters. The number of esters is 1. The summed E-state index contributed by atoms with van der Waals surface area (Å²) in [6.45, 7) is 8.07. The van der Waals surface area contributed by atoms with Gasteiger partial charge >= 0.3 is 12.1 Å². The molecule has 0 amide bonds. The van der Waals surface area contributed by atoms with Gasteiger partial charge in [0.25, 0.3) is 5.69 Å². The fourth-order valence-corrected chi connectivity index (χ4v) is 7.83. The van der Waals surface area contributed by atoms with Crippen LogP contribution in [0.4, 0.5) is 18.9 Å². The van der Waals surface area contributed by atoms with E-state index in [1.165, 1.54) is 19.1 Å². The predicted octanol–water partition coefficient (Wildman–Crippen LogP) is 7.65. The molecule has 35 heavy (non-hydrogen) atoms. The maximum atomic E-state index is 13.8. The van der Waals surface area contributed by atoms with E-state index in [2.05, 4.69) is 0 Å². The van der Waals surface area contributed by atoms with Crippen molar-refractivity contribution in [1.82, 2.24) is 0 Å². The van der Waals surface area contributed by atoms with Gasteiger partial charge in [0.2, 0.25) is 0 Å². The molecule has 0 aromatic heterocycles. The van der Waals surface area contributed by atoms with Crippen molar-refractivity contribution >= 4 is 46.3 Å². The van der Waals surface area contributed by atoms with E-state index in [1.54, 1.807) is 27.7 Å². The van der Waals surface area contributed by atoms with Gasteiger partial charge in [-0.1, -0.05) is 18.5 Å². The summed E-state index contributed by atoms with van der Waals surface area (Å²) < 4.78 is 63.4. The zero-order valence-corrected chi connectivity index (χ0v) is 22.0. The summed E-state index contributed by atoms with van der Waals surface area (Å²) in [4.78, 5) is 23.2. The van der Waals surface area contributed by atoms with Crippen LogP contribution in [0.15, 0.2) is 36.4 Å². The first-order valence-electron chi connectivity index (χ1n) is 10.3. The zero-order chi connectivity index (χ0) is 26.8. The Hall–Kier alpha value is -2.23. The van der Waals surface area contributed by atoms with Crippen molar-refractivity contribution in [1.29, 1.82) is 0 Å². The van der Waals surface area contributed by atoms with E-state index < -0.39 is 45.5 Å². The summed E-state index contributed by atoms with van der Waals surface area (Å²) in [5.41, 5.74) is -3.07. The molecule has 0 aliphatic heterocycles. The minimum atomic E-state index is -4.60. The minimum Gasteiger partial charge on any atom is -0.456 e. The fraction of sp³-hybridized carbons (Fsp3) is 0.409. The third-order valence-electron chi connectivity index (χ3n) is 4.62. The van der Waals surface area contributed by atoms with Crippen LogP contribution >= 0.6 is 29.3 Å². The van der Waals surface area contributed by atoms with Crippen LogP contribution in [0.1, 0.15) is 40.2 Å². The molecule has 192 valence electrons. The highest BCUT2D eigenvalue weighted by atomic mass is 35.5. The maximum Gasteiger partial charge on any atom is 0.416 e. The highest BCUT2D eigenvalue weighted by Gasteiger charge is 2.36. The van der Waals surface area contributed by atoms with Gasteiger partial charge in [-0.25, -0.2) is 0 Å². The largest absolute Gasteiger partial charge is 0.456 e. The second-order valence-corrected chi connectivity index (χ2v) is 14.6. The SMILES string of the molecule is CCP(=O)(SC(C)OC(=O)C(C)(C)C)c1cc(Oc2ccc(C(F)(F)F)cc2Cl)ccc1[N+](=O)[O-]. The minimum absolute atomic E-state index is 0.000401. The normalized spacial score (nSPS) is 14.7. The number of ether oxygens (including phenoxy) is 2. The van der Waals surface area contributed by atoms with Gasteiger partial charge in [0, 0.05) is 12.2 Å². The number of nitro groups is 1. The Bertz CT molecular complexity index is 1170. The first-order valence-corrected chi connectivity index (χ1v) is 14.1. The smallest absolute Gasteiger partial charge is 0.416 e. The van der Waals surface area contributed by atoms with Crippen LogP contribution in [-0.2, 0) is 20.3 Å². The number of benzene rings is 2. The van der Waals surface area contributed by atoms with Crippen LogP contribution in [0.25, 0.3) is 0 Å². The Morgan fingerprint density at radius 1 is 1.20 bits per heavy atom. The number of halogens is 4. The number of alkyl halides is 3. The Morgan fingerprint density at radius 2 is 1.83 bits per heavy atom. The highest BCUT2D eigenvalue weighted by molar-refractivity contribution is 8.60. The van der Waals surface area contributed by atoms with Crippen LogP contribution in [-0.4, -0.2) is 22.5 Å². The lowest BCUT2D eigenvalue weighted by Gasteiger charge is -2.24. The van der Waals surface area contributed by atoms with Gasteiger partial charge in [-0.05, 0) is 69.4 Å². The lowest BCUT2D eigenvalue weighted by molar-refractivity contribution is -0.383.